The van der Waals surface area contributed by atoms with Crippen molar-refractivity contribution in [2.75, 3.05) is 26.2 Å². The second-order valence-corrected chi connectivity index (χ2v) is 5.28. The summed E-state index contributed by atoms with van der Waals surface area (Å²) in [5.74, 6) is -0.207. The highest BCUT2D eigenvalue weighted by molar-refractivity contribution is 5.19. The van der Waals surface area contributed by atoms with E-state index >= 15 is 0 Å². The Morgan fingerprint density at radius 1 is 1.19 bits per heavy atom. The lowest BCUT2D eigenvalue weighted by molar-refractivity contribution is -0.0296. The molecule has 110 valence electrons. The van der Waals surface area contributed by atoms with E-state index in [2.05, 4.69) is 16.0 Å². The Labute approximate surface area is 124 Å². The van der Waals surface area contributed by atoms with Gasteiger partial charge in [0.05, 0.1) is 12.7 Å². The van der Waals surface area contributed by atoms with Gasteiger partial charge in [-0.1, -0.05) is 18.2 Å². The summed E-state index contributed by atoms with van der Waals surface area (Å²) < 4.78 is 18.8. The summed E-state index contributed by atoms with van der Waals surface area (Å²) in [6.07, 6.45) is 2.80. The summed E-state index contributed by atoms with van der Waals surface area (Å²) in [5.41, 5.74) is 2.15. The Morgan fingerprint density at radius 2 is 2.05 bits per heavy atom. The van der Waals surface area contributed by atoms with Gasteiger partial charge in [-0.2, -0.15) is 0 Å². The molecule has 0 aliphatic carbocycles. The molecule has 1 saturated heterocycles. The van der Waals surface area contributed by atoms with Crippen LogP contribution in [-0.2, 0) is 11.2 Å². The van der Waals surface area contributed by atoms with Crippen molar-refractivity contribution in [3.8, 4) is 0 Å². The van der Waals surface area contributed by atoms with Gasteiger partial charge >= 0.3 is 0 Å². The Morgan fingerprint density at radius 3 is 2.81 bits per heavy atom. The van der Waals surface area contributed by atoms with Crippen LogP contribution in [0.25, 0.3) is 0 Å². The van der Waals surface area contributed by atoms with Crippen LogP contribution in [0.3, 0.4) is 0 Å². The quantitative estimate of drug-likeness (QED) is 0.864. The number of halogens is 1. The van der Waals surface area contributed by atoms with Crippen molar-refractivity contribution in [2.45, 2.75) is 12.5 Å². The number of hydrogen-bond donors (Lipinski definition) is 0. The van der Waals surface area contributed by atoms with Crippen LogP contribution in [0.4, 0.5) is 4.39 Å². The van der Waals surface area contributed by atoms with E-state index in [1.165, 1.54) is 12.1 Å². The van der Waals surface area contributed by atoms with Crippen molar-refractivity contribution in [1.82, 2.24) is 9.88 Å². The van der Waals surface area contributed by atoms with Crippen LogP contribution in [0.2, 0.25) is 0 Å². The van der Waals surface area contributed by atoms with E-state index in [0.717, 1.165) is 37.3 Å². The maximum Gasteiger partial charge on any atom is 0.123 e. The summed E-state index contributed by atoms with van der Waals surface area (Å²) >= 11 is 0. The summed E-state index contributed by atoms with van der Waals surface area (Å²) in [6, 6.07) is 12.6. The molecule has 0 unspecified atom stereocenters. The second-order valence-electron chi connectivity index (χ2n) is 5.28. The van der Waals surface area contributed by atoms with Gasteiger partial charge in [-0.15, -0.1) is 0 Å². The first kappa shape index (κ1) is 14.2. The zero-order chi connectivity index (χ0) is 14.5. The van der Waals surface area contributed by atoms with E-state index in [1.54, 1.807) is 0 Å². The second kappa shape index (κ2) is 6.78. The van der Waals surface area contributed by atoms with E-state index in [1.807, 2.05) is 30.5 Å². The monoisotopic (exact) mass is 286 g/mol. The summed E-state index contributed by atoms with van der Waals surface area (Å²) in [7, 11) is 0. The van der Waals surface area contributed by atoms with Gasteiger partial charge < -0.3 is 4.74 Å². The molecule has 3 nitrogen and oxygen atoms in total. The number of rotatable bonds is 4. The minimum Gasteiger partial charge on any atom is -0.371 e. The normalized spacial score (nSPS) is 19.6. The average Bonchev–Trinajstić information content (AvgIpc) is 2.55. The van der Waals surface area contributed by atoms with Crippen LogP contribution in [0.15, 0.2) is 48.7 Å². The Hall–Kier alpha value is -1.78. The van der Waals surface area contributed by atoms with Crippen LogP contribution < -0.4 is 0 Å². The molecule has 0 radical (unpaired) electrons. The molecule has 0 N–H and O–H groups in total. The molecule has 0 amide bonds. The van der Waals surface area contributed by atoms with E-state index < -0.39 is 0 Å². The lowest BCUT2D eigenvalue weighted by Gasteiger charge is -2.33. The van der Waals surface area contributed by atoms with Crippen LogP contribution in [0, 0.1) is 5.82 Å². The highest BCUT2D eigenvalue weighted by atomic mass is 19.1. The first-order valence-electron chi connectivity index (χ1n) is 7.30. The topological polar surface area (TPSA) is 25.4 Å². The maximum absolute atomic E-state index is 13.0. The lowest BCUT2D eigenvalue weighted by Crippen LogP contribution is -2.39. The Balaban J connectivity index is 1.57. The molecule has 0 saturated carbocycles. The molecule has 1 atom stereocenters. The van der Waals surface area contributed by atoms with Gasteiger partial charge in [-0.25, -0.2) is 4.39 Å². The van der Waals surface area contributed by atoms with Crippen LogP contribution in [0.5, 0.6) is 0 Å². The van der Waals surface area contributed by atoms with Crippen molar-refractivity contribution in [3.63, 3.8) is 0 Å². The highest BCUT2D eigenvalue weighted by Crippen LogP contribution is 2.22. The van der Waals surface area contributed by atoms with Crippen molar-refractivity contribution in [2.24, 2.45) is 0 Å². The Kier molecular flexibility index (Phi) is 4.58. The predicted molar refractivity (Wildman–Crippen MR) is 79.5 cm³/mol. The first-order valence-corrected chi connectivity index (χ1v) is 7.30. The van der Waals surface area contributed by atoms with E-state index in [-0.39, 0.29) is 11.9 Å². The molecule has 1 fully saturated rings. The molecule has 2 heterocycles. The maximum atomic E-state index is 13.0. The summed E-state index contributed by atoms with van der Waals surface area (Å²) in [5, 5.41) is 0. The fraction of sp³-hybridized carbons (Fsp3) is 0.353. The molecule has 1 aromatic heterocycles. The van der Waals surface area contributed by atoms with Crippen molar-refractivity contribution >= 4 is 0 Å². The number of aromatic nitrogens is 1. The smallest absolute Gasteiger partial charge is 0.123 e. The fourth-order valence-electron chi connectivity index (χ4n) is 2.60. The molecule has 2 aromatic rings. The molecule has 0 bridgehead atoms. The minimum absolute atomic E-state index is 0.0306. The van der Waals surface area contributed by atoms with Crippen molar-refractivity contribution < 1.29 is 9.13 Å². The third-order valence-electron chi connectivity index (χ3n) is 3.80. The number of benzene rings is 1. The molecule has 1 aliphatic heterocycles. The molecular formula is C17H19FN2O. The molecule has 21 heavy (non-hydrogen) atoms. The zero-order valence-electron chi connectivity index (χ0n) is 11.9. The zero-order valence-corrected chi connectivity index (χ0v) is 11.9. The van der Waals surface area contributed by atoms with Crippen molar-refractivity contribution in [1.29, 1.82) is 0 Å². The number of pyridine rings is 1. The number of nitrogens with zero attached hydrogens (tertiary/aromatic N) is 2. The first-order chi connectivity index (χ1) is 10.3. The third kappa shape index (κ3) is 3.86. The fourth-order valence-corrected chi connectivity index (χ4v) is 2.60. The minimum atomic E-state index is -0.207. The highest BCUT2D eigenvalue weighted by Gasteiger charge is 2.21. The van der Waals surface area contributed by atoms with Gasteiger partial charge in [0.1, 0.15) is 5.82 Å². The van der Waals surface area contributed by atoms with E-state index in [4.69, 9.17) is 4.74 Å². The average molecular weight is 286 g/mol. The van der Waals surface area contributed by atoms with E-state index in [0.29, 0.717) is 6.61 Å². The molecule has 3 rings (SSSR count). The molecule has 1 aliphatic rings. The molecule has 1 aromatic carbocycles. The van der Waals surface area contributed by atoms with Crippen LogP contribution in [0.1, 0.15) is 17.4 Å². The largest absolute Gasteiger partial charge is 0.371 e. The molecular weight excluding hydrogens is 267 g/mol. The van der Waals surface area contributed by atoms with Gasteiger partial charge in [-0.05, 0) is 29.8 Å². The Bertz CT molecular complexity index is 559. The molecule has 0 spiro atoms. The van der Waals surface area contributed by atoms with Gasteiger partial charge in [-0.3, -0.25) is 9.88 Å². The summed E-state index contributed by atoms with van der Waals surface area (Å²) in [4.78, 5) is 6.73. The van der Waals surface area contributed by atoms with Gasteiger partial charge in [0.25, 0.3) is 0 Å². The van der Waals surface area contributed by atoms with Gasteiger partial charge in [0, 0.05) is 37.9 Å². The number of hydrogen-bond acceptors (Lipinski definition) is 3. The van der Waals surface area contributed by atoms with E-state index in [9.17, 15) is 4.39 Å². The van der Waals surface area contributed by atoms with Crippen molar-refractivity contribution in [3.05, 3.63) is 65.7 Å². The summed E-state index contributed by atoms with van der Waals surface area (Å²) in [6.45, 7) is 3.46. The number of morpholine rings is 1. The number of ether oxygens (including phenoxy) is 1. The van der Waals surface area contributed by atoms with Gasteiger partial charge in [0.15, 0.2) is 0 Å². The SMILES string of the molecule is Fc1ccc([C@@H]2CN(CCc3ccccn3)CCO2)cc1. The molecule has 4 heteroatoms. The third-order valence-corrected chi connectivity index (χ3v) is 3.80. The lowest BCUT2D eigenvalue weighted by atomic mass is 10.1. The van der Waals surface area contributed by atoms with Crippen LogP contribution >= 0.6 is 0 Å². The van der Waals surface area contributed by atoms with Gasteiger partial charge in [0.2, 0.25) is 0 Å². The standard InChI is InChI=1S/C17H19FN2O/c18-15-6-4-14(5-7-15)17-13-20(11-12-21-17)10-8-16-3-1-2-9-19-16/h1-7,9,17H,8,10-13H2/t17-/m0/s1. The van der Waals surface area contributed by atoms with Crippen LogP contribution in [-0.4, -0.2) is 36.1 Å². The predicted octanol–water partition coefficient (Wildman–Crippen LogP) is 2.84.